The standard InChI is InChI=1S/C18H21N2O2P/c19-18(22)14-6-2-1-5-13(14)12-8-9-15(16(23)11-12)20-10-4-3-7-17(20)21/h5-6,8-9,11H,1-4,7,10,23H2,(H2,19,22). The molecule has 120 valence electrons. The van der Waals surface area contributed by atoms with Gasteiger partial charge in [0.2, 0.25) is 11.8 Å². The van der Waals surface area contributed by atoms with Crippen LogP contribution in [0.2, 0.25) is 0 Å². The van der Waals surface area contributed by atoms with Crippen LogP contribution >= 0.6 is 9.24 Å². The Bertz CT molecular complexity index is 722. The van der Waals surface area contributed by atoms with Crippen molar-refractivity contribution in [1.29, 1.82) is 0 Å². The van der Waals surface area contributed by atoms with E-state index in [4.69, 9.17) is 5.73 Å². The van der Waals surface area contributed by atoms with Crippen LogP contribution < -0.4 is 15.9 Å². The lowest BCUT2D eigenvalue weighted by atomic mass is 9.91. The number of rotatable bonds is 3. The van der Waals surface area contributed by atoms with Gasteiger partial charge in [-0.3, -0.25) is 9.59 Å². The van der Waals surface area contributed by atoms with E-state index >= 15 is 0 Å². The number of nitrogens with two attached hydrogens (primary N) is 1. The first-order valence-corrected chi connectivity index (χ1v) is 8.56. The van der Waals surface area contributed by atoms with Crippen LogP contribution in [0.15, 0.2) is 35.9 Å². The molecule has 0 bridgehead atoms. The molecule has 4 nitrogen and oxygen atoms in total. The molecule has 0 radical (unpaired) electrons. The highest BCUT2D eigenvalue weighted by Crippen LogP contribution is 2.30. The highest BCUT2D eigenvalue weighted by atomic mass is 31.0. The molecule has 1 atom stereocenters. The second kappa shape index (κ2) is 6.67. The van der Waals surface area contributed by atoms with E-state index in [-0.39, 0.29) is 5.91 Å². The number of anilines is 1. The Balaban J connectivity index is 1.93. The first-order chi connectivity index (χ1) is 11.1. The third kappa shape index (κ3) is 3.23. The molecule has 1 aliphatic heterocycles. The van der Waals surface area contributed by atoms with E-state index in [9.17, 15) is 9.59 Å². The Morgan fingerprint density at radius 3 is 2.65 bits per heavy atom. The minimum Gasteiger partial charge on any atom is -0.366 e. The molecular formula is C18H21N2O2P. The summed E-state index contributed by atoms with van der Waals surface area (Å²) in [5.41, 5.74) is 8.87. The summed E-state index contributed by atoms with van der Waals surface area (Å²) in [5.74, 6) is -0.209. The van der Waals surface area contributed by atoms with Crippen LogP contribution in [0.25, 0.3) is 5.57 Å². The number of nitrogens with zero attached hydrogens (tertiary/aromatic N) is 1. The molecule has 1 unspecified atom stereocenters. The van der Waals surface area contributed by atoms with Crippen molar-refractivity contribution in [2.24, 2.45) is 5.73 Å². The van der Waals surface area contributed by atoms with E-state index < -0.39 is 5.91 Å². The zero-order valence-corrected chi connectivity index (χ0v) is 14.2. The quantitative estimate of drug-likeness (QED) is 0.865. The molecular weight excluding hydrogens is 307 g/mol. The minimum atomic E-state index is -0.392. The highest BCUT2D eigenvalue weighted by Gasteiger charge is 2.22. The van der Waals surface area contributed by atoms with E-state index in [0.717, 1.165) is 54.4 Å². The molecule has 2 aliphatic rings. The van der Waals surface area contributed by atoms with Gasteiger partial charge in [0.15, 0.2) is 0 Å². The van der Waals surface area contributed by atoms with Gasteiger partial charge in [0, 0.05) is 18.5 Å². The van der Waals surface area contributed by atoms with Gasteiger partial charge >= 0.3 is 0 Å². The summed E-state index contributed by atoms with van der Waals surface area (Å²) >= 11 is 0. The average Bonchev–Trinajstić information content (AvgIpc) is 2.55. The summed E-state index contributed by atoms with van der Waals surface area (Å²) in [5, 5.41) is 0.966. The van der Waals surface area contributed by atoms with Crippen LogP contribution in [-0.4, -0.2) is 18.4 Å². The van der Waals surface area contributed by atoms with Crippen LogP contribution in [0.1, 0.15) is 37.7 Å². The second-order valence-electron chi connectivity index (χ2n) is 5.95. The molecule has 1 aromatic rings. The van der Waals surface area contributed by atoms with Crippen molar-refractivity contribution in [3.63, 3.8) is 0 Å². The van der Waals surface area contributed by atoms with E-state index in [1.54, 1.807) is 0 Å². The summed E-state index contributed by atoms with van der Waals surface area (Å²) < 4.78 is 0. The lowest BCUT2D eigenvalue weighted by molar-refractivity contribution is -0.119. The third-order valence-corrected chi connectivity index (χ3v) is 4.83. The Hall–Kier alpha value is -1.93. The van der Waals surface area contributed by atoms with Gasteiger partial charge in [-0.1, -0.05) is 18.2 Å². The van der Waals surface area contributed by atoms with E-state index in [0.29, 0.717) is 12.0 Å². The van der Waals surface area contributed by atoms with E-state index in [2.05, 4.69) is 15.3 Å². The molecule has 23 heavy (non-hydrogen) atoms. The van der Waals surface area contributed by atoms with Crippen molar-refractivity contribution >= 4 is 37.6 Å². The molecule has 3 rings (SSSR count). The number of piperidine rings is 1. The highest BCUT2D eigenvalue weighted by molar-refractivity contribution is 7.28. The molecule has 1 fully saturated rings. The summed E-state index contributed by atoms with van der Waals surface area (Å²) in [6.07, 6.45) is 8.34. The molecule has 0 aromatic heterocycles. The van der Waals surface area contributed by atoms with Crippen molar-refractivity contribution < 1.29 is 9.59 Å². The van der Waals surface area contributed by atoms with Crippen molar-refractivity contribution in [3.8, 4) is 0 Å². The lowest BCUT2D eigenvalue weighted by Gasteiger charge is -2.28. The van der Waals surface area contributed by atoms with Gasteiger partial charge in [0.1, 0.15) is 0 Å². The monoisotopic (exact) mass is 328 g/mol. The smallest absolute Gasteiger partial charge is 0.248 e. The lowest BCUT2D eigenvalue weighted by Crippen LogP contribution is -2.37. The topological polar surface area (TPSA) is 63.4 Å². The first-order valence-electron chi connectivity index (χ1n) is 7.98. The Morgan fingerprint density at radius 1 is 1.17 bits per heavy atom. The van der Waals surface area contributed by atoms with Gasteiger partial charge in [-0.05, 0) is 54.3 Å². The maximum atomic E-state index is 12.1. The maximum Gasteiger partial charge on any atom is 0.248 e. The number of allylic oxidation sites excluding steroid dienone is 2. The predicted octanol–water partition coefficient (Wildman–Crippen LogP) is 2.29. The van der Waals surface area contributed by atoms with Crippen molar-refractivity contribution in [2.45, 2.75) is 32.1 Å². The number of amides is 2. The fourth-order valence-electron chi connectivity index (χ4n) is 3.21. The fraction of sp³-hybridized carbons (Fsp3) is 0.333. The number of hydrogen-bond donors (Lipinski definition) is 1. The van der Waals surface area contributed by atoms with Crippen LogP contribution in [0.5, 0.6) is 0 Å². The molecule has 0 saturated carbocycles. The molecule has 2 N–H and O–H groups in total. The molecule has 1 saturated heterocycles. The normalized spacial score (nSPS) is 18.5. The minimum absolute atomic E-state index is 0.183. The van der Waals surface area contributed by atoms with Crippen LogP contribution in [0.3, 0.4) is 0 Å². The maximum absolute atomic E-state index is 12.1. The number of primary amides is 1. The molecule has 1 aromatic carbocycles. The van der Waals surface area contributed by atoms with Crippen LogP contribution in [0, 0.1) is 0 Å². The molecule has 2 amide bonds. The Kier molecular flexibility index (Phi) is 4.63. The first kappa shape index (κ1) is 15.9. The number of carbonyl (C=O) groups is 2. The number of benzene rings is 1. The zero-order valence-electron chi connectivity index (χ0n) is 13.0. The molecule has 0 spiro atoms. The SMILES string of the molecule is NC(=O)C1=CCCC=C1c1ccc(N2CCCCC2=O)c(P)c1. The van der Waals surface area contributed by atoms with Gasteiger partial charge in [0.25, 0.3) is 0 Å². The second-order valence-corrected chi connectivity index (χ2v) is 6.58. The van der Waals surface area contributed by atoms with Gasteiger partial charge in [-0.25, -0.2) is 0 Å². The fourth-order valence-corrected chi connectivity index (χ4v) is 3.64. The van der Waals surface area contributed by atoms with Crippen molar-refractivity contribution in [1.82, 2.24) is 0 Å². The van der Waals surface area contributed by atoms with Crippen LogP contribution in [0.4, 0.5) is 5.69 Å². The molecule has 1 heterocycles. The largest absolute Gasteiger partial charge is 0.366 e. The average molecular weight is 328 g/mol. The molecule has 1 aliphatic carbocycles. The van der Waals surface area contributed by atoms with Gasteiger partial charge in [-0.15, -0.1) is 9.24 Å². The summed E-state index contributed by atoms with van der Waals surface area (Å²) in [4.78, 5) is 25.6. The summed E-state index contributed by atoms with van der Waals surface area (Å²) in [6.45, 7) is 0.773. The van der Waals surface area contributed by atoms with Crippen molar-refractivity contribution in [2.75, 3.05) is 11.4 Å². The van der Waals surface area contributed by atoms with E-state index in [1.807, 2.05) is 29.2 Å². The van der Waals surface area contributed by atoms with Crippen LogP contribution in [-0.2, 0) is 9.59 Å². The van der Waals surface area contributed by atoms with Gasteiger partial charge in [-0.2, -0.15) is 0 Å². The number of hydrogen-bond acceptors (Lipinski definition) is 2. The number of carbonyl (C=O) groups excluding carboxylic acids is 2. The zero-order chi connectivity index (χ0) is 16.4. The van der Waals surface area contributed by atoms with Gasteiger partial charge in [0.05, 0.1) is 5.69 Å². The third-order valence-electron chi connectivity index (χ3n) is 4.37. The predicted molar refractivity (Wildman–Crippen MR) is 96.5 cm³/mol. The Morgan fingerprint density at radius 2 is 1.96 bits per heavy atom. The summed E-state index contributed by atoms with van der Waals surface area (Å²) in [6, 6.07) is 5.95. The molecule has 5 heteroatoms. The van der Waals surface area contributed by atoms with Crippen molar-refractivity contribution in [3.05, 3.63) is 41.5 Å². The van der Waals surface area contributed by atoms with E-state index in [1.165, 1.54) is 0 Å². The summed E-state index contributed by atoms with van der Waals surface area (Å²) in [7, 11) is 2.71. The van der Waals surface area contributed by atoms with Gasteiger partial charge < -0.3 is 10.6 Å². The Labute approximate surface area is 138 Å².